The third kappa shape index (κ3) is 7.31. The fraction of sp³-hybridized carbons (Fsp3) is 0.321. The van der Waals surface area contributed by atoms with Crippen LogP contribution in [0, 0.1) is 0 Å². The fourth-order valence-corrected chi connectivity index (χ4v) is 5.10. The molecule has 1 aliphatic heterocycles. The maximum atomic E-state index is 13.2. The van der Waals surface area contributed by atoms with Crippen molar-refractivity contribution in [3.63, 3.8) is 0 Å². The van der Waals surface area contributed by atoms with Crippen LogP contribution < -0.4 is 14.8 Å². The summed E-state index contributed by atoms with van der Waals surface area (Å²) in [5, 5.41) is 2.97. The van der Waals surface area contributed by atoms with Crippen molar-refractivity contribution in [2.24, 2.45) is 0 Å². The number of ether oxygens (including phenoxy) is 3. The van der Waals surface area contributed by atoms with Gasteiger partial charge in [0.05, 0.1) is 12.9 Å². The number of methoxy groups -OCH3 is 1. The fourth-order valence-electron chi connectivity index (χ4n) is 4.23. The molecule has 0 atom stereocenters. The van der Waals surface area contributed by atoms with Gasteiger partial charge in [-0.25, -0.2) is 12.7 Å². The van der Waals surface area contributed by atoms with Gasteiger partial charge in [0.1, 0.15) is 24.2 Å². The smallest absolute Gasteiger partial charge is 0.256 e. The minimum Gasteiger partial charge on any atom is -0.491 e. The second-order valence-corrected chi connectivity index (χ2v) is 10.9. The Morgan fingerprint density at radius 1 is 0.946 bits per heavy atom. The summed E-state index contributed by atoms with van der Waals surface area (Å²) in [6.07, 6.45) is 2.39. The van der Waals surface area contributed by atoms with Crippen molar-refractivity contribution in [2.75, 3.05) is 45.0 Å². The summed E-state index contributed by atoms with van der Waals surface area (Å²) in [4.78, 5) is 13.2. The highest BCUT2D eigenvalue weighted by molar-refractivity contribution is 7.88. The van der Waals surface area contributed by atoms with E-state index in [1.165, 1.54) is 10.6 Å². The van der Waals surface area contributed by atoms with Crippen LogP contribution in [0.3, 0.4) is 0 Å². The predicted octanol–water partition coefficient (Wildman–Crippen LogP) is 4.43. The van der Waals surface area contributed by atoms with Crippen molar-refractivity contribution in [2.45, 2.75) is 18.9 Å². The first-order valence-electron chi connectivity index (χ1n) is 12.2. The molecule has 0 unspecified atom stereocenters. The van der Waals surface area contributed by atoms with E-state index < -0.39 is 10.0 Å². The largest absolute Gasteiger partial charge is 0.491 e. The molecule has 1 N–H and O–H groups in total. The molecule has 1 aliphatic rings. The lowest BCUT2D eigenvalue weighted by Gasteiger charge is -2.30. The number of sulfonamides is 1. The van der Waals surface area contributed by atoms with Crippen LogP contribution in [0.15, 0.2) is 72.8 Å². The molecule has 1 fully saturated rings. The number of anilines is 1. The zero-order valence-corrected chi connectivity index (χ0v) is 21.9. The Morgan fingerprint density at radius 2 is 1.68 bits per heavy atom. The van der Waals surface area contributed by atoms with Gasteiger partial charge in [-0.05, 0) is 54.3 Å². The highest BCUT2D eigenvalue weighted by Gasteiger charge is 2.26. The highest BCUT2D eigenvalue weighted by atomic mass is 32.2. The molecule has 3 aromatic rings. The van der Waals surface area contributed by atoms with Crippen LogP contribution >= 0.6 is 0 Å². The summed E-state index contributed by atoms with van der Waals surface area (Å²) in [5.74, 6) is 1.14. The molecular weight excluding hydrogens is 492 g/mol. The Hall–Kier alpha value is -3.40. The SMILES string of the molecule is COCCOc1ccc(-c2ccccc2C(=O)Nc2cccc(OC3CCN(S(C)(=O)=O)CC3)c2)cc1. The van der Waals surface area contributed by atoms with E-state index in [1.807, 2.05) is 60.7 Å². The van der Waals surface area contributed by atoms with E-state index in [1.54, 1.807) is 19.2 Å². The molecule has 1 heterocycles. The van der Waals surface area contributed by atoms with Gasteiger partial charge in [-0.3, -0.25) is 4.79 Å². The van der Waals surface area contributed by atoms with Crippen LogP contribution in [-0.4, -0.2) is 64.4 Å². The molecule has 196 valence electrons. The number of rotatable bonds is 10. The lowest BCUT2D eigenvalue weighted by Crippen LogP contribution is -2.41. The average Bonchev–Trinajstić information content (AvgIpc) is 2.89. The number of carbonyl (C=O) groups excluding carboxylic acids is 1. The summed E-state index contributed by atoms with van der Waals surface area (Å²) in [7, 11) is -1.55. The zero-order chi connectivity index (χ0) is 26.3. The molecule has 0 radical (unpaired) electrons. The summed E-state index contributed by atoms with van der Waals surface area (Å²) in [5.41, 5.74) is 2.89. The minimum atomic E-state index is -3.18. The highest BCUT2D eigenvalue weighted by Crippen LogP contribution is 2.28. The number of hydrogen-bond acceptors (Lipinski definition) is 6. The Morgan fingerprint density at radius 3 is 2.38 bits per heavy atom. The number of carbonyl (C=O) groups is 1. The minimum absolute atomic E-state index is 0.0777. The summed E-state index contributed by atoms with van der Waals surface area (Å²) < 4.78 is 41.7. The van der Waals surface area contributed by atoms with Gasteiger partial charge in [0.2, 0.25) is 10.0 Å². The first-order chi connectivity index (χ1) is 17.8. The molecule has 0 bridgehead atoms. The second kappa shape index (κ2) is 12.2. The Labute approximate surface area is 218 Å². The van der Waals surface area contributed by atoms with Crippen molar-refractivity contribution in [1.82, 2.24) is 4.31 Å². The normalized spacial score (nSPS) is 14.8. The zero-order valence-electron chi connectivity index (χ0n) is 21.1. The Balaban J connectivity index is 1.41. The number of hydrogen-bond donors (Lipinski definition) is 1. The third-order valence-corrected chi connectivity index (χ3v) is 7.46. The number of nitrogens with one attached hydrogen (secondary N) is 1. The van der Waals surface area contributed by atoms with E-state index in [0.717, 1.165) is 16.9 Å². The van der Waals surface area contributed by atoms with Crippen molar-refractivity contribution < 1.29 is 27.4 Å². The van der Waals surface area contributed by atoms with Crippen LogP contribution in [-0.2, 0) is 14.8 Å². The monoisotopic (exact) mass is 524 g/mol. The molecule has 3 aromatic carbocycles. The van der Waals surface area contributed by atoms with Crippen LogP contribution in [0.25, 0.3) is 11.1 Å². The standard InChI is InChI=1S/C28H32N2O6S/c1-34-18-19-35-23-12-10-21(11-13-23)26-8-3-4-9-27(26)28(31)29-22-6-5-7-25(20-22)36-24-14-16-30(17-15-24)37(2,32)33/h3-13,20,24H,14-19H2,1-2H3,(H,29,31). The molecular formula is C28H32N2O6S. The van der Waals surface area contributed by atoms with Crippen molar-refractivity contribution in [3.05, 3.63) is 78.4 Å². The van der Waals surface area contributed by atoms with E-state index in [9.17, 15) is 13.2 Å². The average molecular weight is 525 g/mol. The molecule has 1 amide bonds. The molecule has 37 heavy (non-hydrogen) atoms. The van der Waals surface area contributed by atoms with Gasteiger partial charge in [-0.15, -0.1) is 0 Å². The van der Waals surface area contributed by atoms with E-state index >= 15 is 0 Å². The molecule has 0 aromatic heterocycles. The van der Waals surface area contributed by atoms with Gasteiger partial charge < -0.3 is 19.5 Å². The second-order valence-electron chi connectivity index (χ2n) is 8.87. The van der Waals surface area contributed by atoms with E-state index in [4.69, 9.17) is 14.2 Å². The van der Waals surface area contributed by atoms with Crippen LogP contribution in [0.4, 0.5) is 5.69 Å². The molecule has 4 rings (SSSR count). The molecule has 0 spiro atoms. The van der Waals surface area contributed by atoms with Gasteiger partial charge in [-0.1, -0.05) is 36.4 Å². The van der Waals surface area contributed by atoms with Crippen LogP contribution in [0.1, 0.15) is 23.2 Å². The Bertz CT molecular complexity index is 1300. The van der Waals surface area contributed by atoms with Crippen molar-refractivity contribution in [1.29, 1.82) is 0 Å². The first kappa shape index (κ1) is 26.7. The maximum Gasteiger partial charge on any atom is 0.256 e. The van der Waals surface area contributed by atoms with Crippen LogP contribution in [0.2, 0.25) is 0 Å². The summed E-state index contributed by atoms with van der Waals surface area (Å²) in [6.45, 7) is 1.87. The summed E-state index contributed by atoms with van der Waals surface area (Å²) >= 11 is 0. The number of nitrogens with zero attached hydrogens (tertiary/aromatic N) is 1. The summed E-state index contributed by atoms with van der Waals surface area (Å²) in [6, 6.07) is 22.3. The predicted molar refractivity (Wildman–Crippen MR) is 144 cm³/mol. The lowest BCUT2D eigenvalue weighted by atomic mass is 9.99. The van der Waals surface area contributed by atoms with Gasteiger partial charge in [0, 0.05) is 37.5 Å². The Kier molecular flexibility index (Phi) is 8.81. The lowest BCUT2D eigenvalue weighted by molar-refractivity contribution is 0.102. The molecule has 0 saturated carbocycles. The van der Waals surface area contributed by atoms with E-state index in [0.29, 0.717) is 56.1 Å². The van der Waals surface area contributed by atoms with Gasteiger partial charge in [0.25, 0.3) is 5.91 Å². The number of benzene rings is 3. The van der Waals surface area contributed by atoms with Gasteiger partial charge in [0.15, 0.2) is 0 Å². The van der Waals surface area contributed by atoms with Crippen molar-refractivity contribution in [3.8, 4) is 22.6 Å². The number of amides is 1. The molecule has 0 aliphatic carbocycles. The molecule has 1 saturated heterocycles. The quantitative estimate of drug-likeness (QED) is 0.394. The number of piperidine rings is 1. The van der Waals surface area contributed by atoms with E-state index in [2.05, 4.69) is 5.32 Å². The van der Waals surface area contributed by atoms with E-state index in [-0.39, 0.29) is 12.0 Å². The van der Waals surface area contributed by atoms with Gasteiger partial charge >= 0.3 is 0 Å². The first-order valence-corrected chi connectivity index (χ1v) is 14.0. The topological polar surface area (TPSA) is 94.2 Å². The third-order valence-electron chi connectivity index (χ3n) is 6.16. The maximum absolute atomic E-state index is 13.2. The molecule has 8 nitrogen and oxygen atoms in total. The molecule has 9 heteroatoms. The van der Waals surface area contributed by atoms with Gasteiger partial charge in [-0.2, -0.15) is 0 Å². The van der Waals surface area contributed by atoms with Crippen LogP contribution in [0.5, 0.6) is 11.5 Å². The van der Waals surface area contributed by atoms with Crippen molar-refractivity contribution >= 4 is 21.6 Å².